The van der Waals surface area contributed by atoms with Crippen molar-refractivity contribution < 1.29 is 4.79 Å². The number of aromatic nitrogens is 3. The molecule has 116 valence electrons. The van der Waals surface area contributed by atoms with Crippen LogP contribution in [0.3, 0.4) is 0 Å². The van der Waals surface area contributed by atoms with Crippen LogP contribution in [-0.2, 0) is 11.3 Å². The minimum absolute atomic E-state index is 0.212. The summed E-state index contributed by atoms with van der Waals surface area (Å²) in [6.07, 6.45) is 12.6. The van der Waals surface area contributed by atoms with E-state index in [1.165, 1.54) is 12.8 Å². The highest BCUT2D eigenvalue weighted by Crippen LogP contribution is 2.39. The summed E-state index contributed by atoms with van der Waals surface area (Å²) in [5, 5.41) is 4.34. The summed E-state index contributed by atoms with van der Waals surface area (Å²) in [7, 11) is 0. The van der Waals surface area contributed by atoms with E-state index >= 15 is 0 Å². The molecule has 5 heteroatoms. The van der Waals surface area contributed by atoms with Gasteiger partial charge in [0.2, 0.25) is 5.91 Å². The fourth-order valence-corrected chi connectivity index (χ4v) is 3.22. The van der Waals surface area contributed by atoms with Gasteiger partial charge in [0.05, 0.1) is 11.9 Å². The van der Waals surface area contributed by atoms with Crippen molar-refractivity contribution in [3.05, 3.63) is 36.9 Å². The van der Waals surface area contributed by atoms with E-state index in [1.807, 2.05) is 35.3 Å². The molecule has 0 unspecified atom stereocenters. The van der Waals surface area contributed by atoms with Crippen molar-refractivity contribution in [1.29, 1.82) is 0 Å². The van der Waals surface area contributed by atoms with Crippen molar-refractivity contribution in [1.82, 2.24) is 19.2 Å². The zero-order valence-corrected chi connectivity index (χ0v) is 12.9. The maximum absolute atomic E-state index is 12.7. The highest BCUT2D eigenvalue weighted by molar-refractivity contribution is 5.77. The second-order valence-electron chi connectivity index (χ2n) is 6.60. The summed E-state index contributed by atoms with van der Waals surface area (Å²) < 4.78 is 3.76. The summed E-state index contributed by atoms with van der Waals surface area (Å²) in [4.78, 5) is 14.9. The summed E-state index contributed by atoms with van der Waals surface area (Å²) in [5.74, 6) is 0.932. The maximum atomic E-state index is 12.7. The minimum Gasteiger partial charge on any atom is -0.335 e. The Morgan fingerprint density at radius 1 is 1.32 bits per heavy atom. The molecule has 0 saturated heterocycles. The monoisotopic (exact) mass is 298 g/mol. The Hall–Kier alpha value is -2.04. The second-order valence-corrected chi connectivity index (χ2v) is 6.60. The molecule has 0 aliphatic heterocycles. The topological polar surface area (TPSA) is 43.1 Å². The Kier molecular flexibility index (Phi) is 3.28. The first kappa shape index (κ1) is 13.6. The van der Waals surface area contributed by atoms with E-state index < -0.39 is 0 Å². The van der Waals surface area contributed by atoms with Gasteiger partial charge < -0.3 is 9.47 Å². The van der Waals surface area contributed by atoms with Crippen LogP contribution in [-0.4, -0.2) is 37.2 Å². The van der Waals surface area contributed by atoms with Crippen LogP contribution in [0.25, 0.3) is 5.69 Å². The number of nitrogens with zero attached hydrogens (tertiary/aromatic N) is 4. The molecule has 2 heterocycles. The fraction of sp³-hybridized carbons (Fsp3) is 0.529. The fourth-order valence-electron chi connectivity index (χ4n) is 3.22. The summed E-state index contributed by atoms with van der Waals surface area (Å²) in [6.45, 7) is 2.55. The van der Waals surface area contributed by atoms with Gasteiger partial charge in [-0.2, -0.15) is 5.10 Å². The van der Waals surface area contributed by atoms with E-state index in [2.05, 4.69) is 16.9 Å². The molecule has 4 rings (SSSR count). The highest BCUT2D eigenvalue weighted by Gasteiger charge is 2.41. The van der Waals surface area contributed by atoms with Gasteiger partial charge in [-0.25, -0.2) is 0 Å². The first-order chi connectivity index (χ1) is 10.7. The van der Waals surface area contributed by atoms with Crippen LogP contribution < -0.4 is 0 Å². The Morgan fingerprint density at radius 2 is 2.05 bits per heavy atom. The van der Waals surface area contributed by atoms with Crippen LogP contribution in [0.5, 0.6) is 0 Å². The smallest absolute Gasteiger partial charge is 0.244 e. The van der Waals surface area contributed by atoms with E-state index in [4.69, 9.17) is 0 Å². The molecule has 0 radical (unpaired) electrons. The number of amides is 1. The normalized spacial score (nSPS) is 19.1. The average Bonchev–Trinajstić information content (AvgIpc) is 3.41. The van der Waals surface area contributed by atoms with E-state index in [1.54, 1.807) is 10.9 Å². The first-order valence-corrected chi connectivity index (χ1v) is 8.19. The van der Waals surface area contributed by atoms with Crippen molar-refractivity contribution >= 4 is 5.91 Å². The van der Waals surface area contributed by atoms with Crippen LogP contribution in [0.2, 0.25) is 0 Å². The molecule has 2 saturated carbocycles. The first-order valence-electron chi connectivity index (χ1n) is 8.19. The van der Waals surface area contributed by atoms with Crippen molar-refractivity contribution in [2.75, 3.05) is 0 Å². The van der Waals surface area contributed by atoms with Gasteiger partial charge in [-0.3, -0.25) is 9.48 Å². The molecule has 2 aliphatic carbocycles. The molecule has 5 nitrogen and oxygen atoms in total. The SMILES string of the molecule is C[C@@H](C1CC1)N(C(=O)Cn1cc(-n2cccc2)cn1)C1CC1. The average molecular weight is 298 g/mol. The maximum Gasteiger partial charge on any atom is 0.244 e. The van der Waals surface area contributed by atoms with Crippen LogP contribution in [0, 0.1) is 5.92 Å². The molecule has 0 spiro atoms. The lowest BCUT2D eigenvalue weighted by atomic mass is 10.1. The predicted octanol–water partition coefficient (Wildman–Crippen LogP) is 2.46. The zero-order chi connectivity index (χ0) is 15.1. The molecular weight excluding hydrogens is 276 g/mol. The van der Waals surface area contributed by atoms with Gasteiger partial charge >= 0.3 is 0 Å². The van der Waals surface area contributed by atoms with Crippen LogP contribution in [0.1, 0.15) is 32.6 Å². The predicted molar refractivity (Wildman–Crippen MR) is 83.6 cm³/mol. The van der Waals surface area contributed by atoms with Gasteiger partial charge in [0.1, 0.15) is 6.54 Å². The van der Waals surface area contributed by atoms with Crippen molar-refractivity contribution in [3.8, 4) is 5.69 Å². The summed E-state index contributed by atoms with van der Waals surface area (Å²) >= 11 is 0. The van der Waals surface area contributed by atoms with Gasteiger partial charge in [0.25, 0.3) is 0 Å². The van der Waals surface area contributed by atoms with Gasteiger partial charge in [0.15, 0.2) is 0 Å². The molecule has 1 atom stereocenters. The molecule has 0 aromatic carbocycles. The van der Waals surface area contributed by atoms with Crippen molar-refractivity contribution in [2.24, 2.45) is 5.92 Å². The lowest BCUT2D eigenvalue weighted by molar-refractivity contribution is -0.135. The van der Waals surface area contributed by atoms with Crippen LogP contribution in [0.4, 0.5) is 0 Å². The van der Waals surface area contributed by atoms with E-state index in [0.717, 1.165) is 24.4 Å². The van der Waals surface area contributed by atoms with Crippen LogP contribution >= 0.6 is 0 Å². The molecule has 22 heavy (non-hydrogen) atoms. The van der Waals surface area contributed by atoms with Crippen molar-refractivity contribution in [2.45, 2.75) is 51.2 Å². The van der Waals surface area contributed by atoms with Gasteiger partial charge in [-0.15, -0.1) is 0 Å². The summed E-state index contributed by atoms with van der Waals surface area (Å²) in [5.41, 5.74) is 0.992. The third-order valence-corrected chi connectivity index (χ3v) is 4.79. The van der Waals surface area contributed by atoms with Crippen LogP contribution in [0.15, 0.2) is 36.9 Å². The third-order valence-electron chi connectivity index (χ3n) is 4.79. The van der Waals surface area contributed by atoms with E-state index in [0.29, 0.717) is 18.6 Å². The molecule has 0 bridgehead atoms. The molecule has 1 amide bonds. The Balaban J connectivity index is 1.46. The lowest BCUT2D eigenvalue weighted by Gasteiger charge is -2.29. The molecule has 2 aliphatic rings. The summed E-state index contributed by atoms with van der Waals surface area (Å²) in [6, 6.07) is 4.82. The third kappa shape index (κ3) is 2.67. The quantitative estimate of drug-likeness (QED) is 0.822. The molecular formula is C17H22N4O. The molecule has 0 N–H and O–H groups in total. The number of rotatable bonds is 6. The Bertz CT molecular complexity index is 652. The number of carbonyl (C=O) groups is 1. The Labute approximate surface area is 130 Å². The number of hydrogen-bond acceptors (Lipinski definition) is 2. The highest BCUT2D eigenvalue weighted by atomic mass is 16.2. The van der Waals surface area contributed by atoms with Crippen molar-refractivity contribution in [3.63, 3.8) is 0 Å². The number of carbonyl (C=O) groups excluding carboxylic acids is 1. The second kappa shape index (κ2) is 5.30. The molecule has 2 aromatic rings. The molecule has 2 fully saturated rings. The largest absolute Gasteiger partial charge is 0.335 e. The number of hydrogen-bond donors (Lipinski definition) is 0. The van der Waals surface area contributed by atoms with E-state index in [9.17, 15) is 4.79 Å². The molecule has 2 aromatic heterocycles. The van der Waals surface area contributed by atoms with Gasteiger partial charge in [-0.05, 0) is 50.7 Å². The van der Waals surface area contributed by atoms with E-state index in [-0.39, 0.29) is 5.91 Å². The standard InChI is InChI=1S/C17H22N4O/c1-13(14-4-5-14)21(15-6-7-15)17(22)12-20-11-16(10-18-20)19-8-2-3-9-19/h2-3,8-11,13-15H,4-7,12H2,1H3/t13-/m0/s1. The van der Waals surface area contributed by atoms with Gasteiger partial charge in [-0.1, -0.05) is 0 Å². The minimum atomic E-state index is 0.212. The lowest BCUT2D eigenvalue weighted by Crippen LogP contribution is -2.43. The zero-order valence-electron chi connectivity index (χ0n) is 12.9. The van der Waals surface area contributed by atoms with Gasteiger partial charge in [0, 0.05) is 30.7 Å². The Morgan fingerprint density at radius 3 is 2.68 bits per heavy atom.